The number of rotatable bonds is 3. The summed E-state index contributed by atoms with van der Waals surface area (Å²) in [6.45, 7) is 1.98. The van der Waals surface area contributed by atoms with Crippen molar-refractivity contribution < 1.29 is 10.2 Å². The lowest BCUT2D eigenvalue weighted by atomic mass is 10.2. The standard InChI is InChI=1S/C13H12N4O2S/c1-8-2-4-9(5-3-8)17-11(18)6-10(12(17)19)20-13-14-7-15-16-13/h2-7,18-19H,1H3,(H,14,15,16). The number of hydrogen-bond acceptors (Lipinski definition) is 5. The van der Waals surface area contributed by atoms with Crippen molar-refractivity contribution in [2.24, 2.45) is 0 Å². The summed E-state index contributed by atoms with van der Waals surface area (Å²) >= 11 is 1.19. The highest BCUT2D eigenvalue weighted by Crippen LogP contribution is 2.39. The molecule has 2 aromatic heterocycles. The van der Waals surface area contributed by atoms with Crippen molar-refractivity contribution in [1.82, 2.24) is 19.7 Å². The molecule has 6 nitrogen and oxygen atoms in total. The van der Waals surface area contributed by atoms with E-state index in [0.29, 0.717) is 15.7 Å². The molecular formula is C13H12N4O2S. The van der Waals surface area contributed by atoms with Crippen molar-refractivity contribution in [3.05, 3.63) is 42.2 Å². The fourth-order valence-electron chi connectivity index (χ4n) is 1.84. The Bertz CT molecular complexity index is 720. The van der Waals surface area contributed by atoms with Gasteiger partial charge in [-0.1, -0.05) is 17.7 Å². The van der Waals surface area contributed by atoms with Crippen molar-refractivity contribution in [2.45, 2.75) is 17.0 Å². The predicted molar refractivity (Wildman–Crippen MR) is 74.3 cm³/mol. The Balaban J connectivity index is 2.00. The van der Waals surface area contributed by atoms with Crippen molar-refractivity contribution in [3.8, 4) is 17.4 Å². The van der Waals surface area contributed by atoms with Gasteiger partial charge in [-0.2, -0.15) is 5.10 Å². The van der Waals surface area contributed by atoms with E-state index in [9.17, 15) is 10.2 Å². The molecule has 2 heterocycles. The van der Waals surface area contributed by atoms with Crippen LogP contribution in [0, 0.1) is 6.92 Å². The molecule has 0 atom stereocenters. The summed E-state index contributed by atoms with van der Waals surface area (Å²) in [4.78, 5) is 4.47. The molecule has 0 aliphatic heterocycles. The van der Waals surface area contributed by atoms with Crippen LogP contribution in [0.2, 0.25) is 0 Å². The molecule has 0 unspecified atom stereocenters. The third kappa shape index (κ3) is 2.23. The molecule has 0 aliphatic rings. The Morgan fingerprint density at radius 2 is 1.95 bits per heavy atom. The topological polar surface area (TPSA) is 87.0 Å². The van der Waals surface area contributed by atoms with Gasteiger partial charge in [0, 0.05) is 6.07 Å². The minimum absolute atomic E-state index is 0.0339. The average molecular weight is 288 g/mol. The third-order valence-corrected chi connectivity index (χ3v) is 3.72. The van der Waals surface area contributed by atoms with E-state index in [1.54, 1.807) is 0 Å². The second kappa shape index (κ2) is 4.93. The SMILES string of the molecule is Cc1ccc(-n2c(O)cc(Sc3ncn[nH]3)c2O)cc1. The lowest BCUT2D eigenvalue weighted by Gasteiger charge is -2.07. The summed E-state index contributed by atoms with van der Waals surface area (Å²) in [6, 6.07) is 8.98. The maximum atomic E-state index is 10.3. The largest absolute Gasteiger partial charge is 0.494 e. The molecule has 0 amide bonds. The molecule has 0 bridgehead atoms. The number of aromatic nitrogens is 4. The summed E-state index contributed by atoms with van der Waals surface area (Å²) in [5, 5.41) is 27.2. The first-order valence-electron chi connectivity index (χ1n) is 5.89. The molecule has 3 N–H and O–H groups in total. The number of aromatic amines is 1. The lowest BCUT2D eigenvalue weighted by Crippen LogP contribution is -1.92. The van der Waals surface area contributed by atoms with E-state index in [0.717, 1.165) is 5.56 Å². The van der Waals surface area contributed by atoms with Crippen LogP contribution >= 0.6 is 11.8 Å². The number of nitrogens with zero attached hydrogens (tertiary/aromatic N) is 3. The number of nitrogens with one attached hydrogen (secondary N) is 1. The first-order valence-corrected chi connectivity index (χ1v) is 6.71. The molecule has 7 heteroatoms. The van der Waals surface area contributed by atoms with Crippen LogP contribution in [0.4, 0.5) is 0 Å². The van der Waals surface area contributed by atoms with Gasteiger partial charge in [-0.25, -0.2) is 4.98 Å². The van der Waals surface area contributed by atoms with Crippen molar-refractivity contribution >= 4 is 11.8 Å². The lowest BCUT2D eigenvalue weighted by molar-refractivity contribution is 0.398. The zero-order chi connectivity index (χ0) is 14.1. The van der Waals surface area contributed by atoms with Crippen LogP contribution in [-0.2, 0) is 0 Å². The molecule has 0 spiro atoms. The molecule has 0 radical (unpaired) electrons. The number of benzene rings is 1. The Labute approximate surface area is 119 Å². The van der Waals surface area contributed by atoms with Gasteiger partial charge < -0.3 is 10.2 Å². The normalized spacial score (nSPS) is 10.8. The third-order valence-electron chi connectivity index (χ3n) is 2.81. The molecule has 20 heavy (non-hydrogen) atoms. The summed E-state index contributed by atoms with van der Waals surface area (Å²) in [5.41, 5.74) is 1.80. The minimum Gasteiger partial charge on any atom is -0.494 e. The summed E-state index contributed by atoms with van der Waals surface area (Å²) < 4.78 is 1.37. The Morgan fingerprint density at radius 3 is 2.60 bits per heavy atom. The molecule has 1 aromatic carbocycles. The van der Waals surface area contributed by atoms with Crippen LogP contribution in [0.15, 0.2) is 46.7 Å². The Kier molecular flexibility index (Phi) is 3.11. The van der Waals surface area contributed by atoms with Gasteiger partial charge in [0.1, 0.15) is 6.33 Å². The van der Waals surface area contributed by atoms with E-state index in [2.05, 4.69) is 15.2 Å². The molecule has 0 saturated carbocycles. The van der Waals surface area contributed by atoms with E-state index in [4.69, 9.17) is 0 Å². The van der Waals surface area contributed by atoms with Gasteiger partial charge in [-0.15, -0.1) is 0 Å². The highest BCUT2D eigenvalue weighted by Gasteiger charge is 2.17. The first kappa shape index (κ1) is 12.6. The first-order chi connectivity index (χ1) is 9.65. The quantitative estimate of drug-likeness (QED) is 0.689. The molecular weight excluding hydrogens is 276 g/mol. The fourth-order valence-corrected chi connectivity index (χ4v) is 2.59. The smallest absolute Gasteiger partial charge is 0.213 e. The van der Waals surface area contributed by atoms with E-state index >= 15 is 0 Å². The van der Waals surface area contributed by atoms with E-state index in [-0.39, 0.29) is 11.8 Å². The van der Waals surface area contributed by atoms with E-state index in [1.807, 2.05) is 31.2 Å². The number of aryl methyl sites for hydroxylation is 1. The fraction of sp³-hybridized carbons (Fsp3) is 0.0769. The summed E-state index contributed by atoms with van der Waals surface area (Å²) in [6.07, 6.45) is 1.39. The average Bonchev–Trinajstić information content (AvgIpc) is 3.02. The van der Waals surface area contributed by atoms with Gasteiger partial charge in [0.25, 0.3) is 0 Å². The summed E-state index contributed by atoms with van der Waals surface area (Å²) in [5.74, 6) is -0.0684. The maximum absolute atomic E-state index is 10.3. The molecule has 0 fully saturated rings. The Morgan fingerprint density at radius 1 is 1.20 bits per heavy atom. The monoisotopic (exact) mass is 288 g/mol. The summed E-state index contributed by atoms with van der Waals surface area (Å²) in [7, 11) is 0. The number of hydrogen-bond donors (Lipinski definition) is 3. The molecule has 3 rings (SSSR count). The van der Waals surface area contributed by atoms with E-state index in [1.165, 1.54) is 28.7 Å². The predicted octanol–water partition coefficient (Wildman–Crippen LogP) is 2.47. The van der Waals surface area contributed by atoms with Gasteiger partial charge in [0.15, 0.2) is 11.0 Å². The van der Waals surface area contributed by atoms with E-state index < -0.39 is 0 Å². The van der Waals surface area contributed by atoms with Crippen molar-refractivity contribution in [3.63, 3.8) is 0 Å². The second-order valence-corrected chi connectivity index (χ2v) is 5.28. The zero-order valence-corrected chi connectivity index (χ0v) is 11.4. The van der Waals surface area contributed by atoms with Crippen LogP contribution in [-0.4, -0.2) is 30.0 Å². The molecule has 3 aromatic rings. The highest BCUT2D eigenvalue weighted by atomic mass is 32.2. The van der Waals surface area contributed by atoms with Gasteiger partial charge in [-0.05, 0) is 30.8 Å². The number of aromatic hydroxyl groups is 2. The van der Waals surface area contributed by atoms with Crippen LogP contribution in [0.5, 0.6) is 11.8 Å². The van der Waals surface area contributed by atoms with Crippen molar-refractivity contribution in [1.29, 1.82) is 0 Å². The highest BCUT2D eigenvalue weighted by molar-refractivity contribution is 7.99. The van der Waals surface area contributed by atoms with Gasteiger partial charge >= 0.3 is 0 Å². The van der Waals surface area contributed by atoms with Gasteiger partial charge in [-0.3, -0.25) is 9.67 Å². The van der Waals surface area contributed by atoms with Crippen molar-refractivity contribution in [2.75, 3.05) is 0 Å². The Hall–Kier alpha value is -2.41. The van der Waals surface area contributed by atoms with Crippen LogP contribution < -0.4 is 0 Å². The van der Waals surface area contributed by atoms with Gasteiger partial charge in [0.2, 0.25) is 5.88 Å². The van der Waals surface area contributed by atoms with Gasteiger partial charge in [0.05, 0.1) is 10.6 Å². The second-order valence-electron chi connectivity index (χ2n) is 4.25. The van der Waals surface area contributed by atoms with Crippen LogP contribution in [0.1, 0.15) is 5.56 Å². The zero-order valence-electron chi connectivity index (χ0n) is 10.6. The molecule has 0 aliphatic carbocycles. The van der Waals surface area contributed by atoms with Crippen LogP contribution in [0.3, 0.4) is 0 Å². The minimum atomic E-state index is -0.0345. The van der Waals surface area contributed by atoms with Crippen LogP contribution in [0.25, 0.3) is 5.69 Å². The molecule has 0 saturated heterocycles. The maximum Gasteiger partial charge on any atom is 0.213 e. The number of H-pyrrole nitrogens is 1. The molecule has 102 valence electrons.